The Morgan fingerprint density at radius 3 is 2.18 bits per heavy atom. The van der Waals surface area contributed by atoms with Gasteiger partial charge in [0.1, 0.15) is 0 Å². The number of sulfonamides is 1. The molecule has 0 aliphatic carbocycles. The Bertz CT molecular complexity index is 181. The molecule has 0 fully saturated rings. The van der Waals surface area contributed by atoms with Crippen molar-refractivity contribution in [2.75, 3.05) is 25.9 Å². The minimum Gasteiger partial charge on any atom is -0.329 e. The van der Waals surface area contributed by atoms with E-state index in [0.717, 1.165) is 0 Å². The largest absolute Gasteiger partial charge is 0.329 e. The zero-order valence-corrected chi connectivity index (χ0v) is 8.41. The minimum absolute atomic E-state index is 0. The third-order valence-electron chi connectivity index (χ3n) is 1.28. The van der Waals surface area contributed by atoms with Crippen molar-refractivity contribution in [3.63, 3.8) is 0 Å². The van der Waals surface area contributed by atoms with Gasteiger partial charge in [-0.05, 0) is 6.92 Å². The fourth-order valence-corrected chi connectivity index (χ4v) is 1.37. The number of likely N-dealkylation sites (N-methyl/N-ethyl adjacent to an activating group) is 1. The SMILES string of the molecule is CCS(=O)(=O)N(C)CCN.Cl. The molecule has 0 bridgehead atoms. The van der Waals surface area contributed by atoms with E-state index in [1.807, 2.05) is 0 Å². The summed E-state index contributed by atoms with van der Waals surface area (Å²) in [6.07, 6.45) is 0. The lowest BCUT2D eigenvalue weighted by atomic mass is 10.7. The first-order chi connectivity index (χ1) is 4.54. The van der Waals surface area contributed by atoms with Crippen LogP contribution in [-0.2, 0) is 10.0 Å². The summed E-state index contributed by atoms with van der Waals surface area (Å²) < 4.78 is 23.2. The van der Waals surface area contributed by atoms with Crippen molar-refractivity contribution in [2.24, 2.45) is 5.73 Å². The van der Waals surface area contributed by atoms with E-state index in [1.165, 1.54) is 11.4 Å². The highest BCUT2D eigenvalue weighted by Gasteiger charge is 2.12. The molecule has 0 heterocycles. The zero-order valence-electron chi connectivity index (χ0n) is 6.78. The second-order valence-corrected chi connectivity index (χ2v) is 4.38. The van der Waals surface area contributed by atoms with E-state index in [9.17, 15) is 8.42 Å². The molecular weight excluding hydrogens is 188 g/mol. The average molecular weight is 203 g/mol. The Morgan fingerprint density at radius 2 is 1.91 bits per heavy atom. The van der Waals surface area contributed by atoms with Crippen LogP contribution in [0, 0.1) is 0 Å². The van der Waals surface area contributed by atoms with E-state index in [2.05, 4.69) is 0 Å². The Kier molecular flexibility index (Phi) is 7.20. The van der Waals surface area contributed by atoms with Crippen LogP contribution >= 0.6 is 12.4 Å². The Balaban J connectivity index is 0. The normalized spacial score (nSPS) is 11.3. The quantitative estimate of drug-likeness (QED) is 0.678. The molecule has 11 heavy (non-hydrogen) atoms. The Hall–Kier alpha value is 0.160. The maximum atomic E-state index is 11.0. The molecule has 70 valence electrons. The van der Waals surface area contributed by atoms with E-state index < -0.39 is 10.0 Å². The molecular formula is C5H15ClN2O2S. The lowest BCUT2D eigenvalue weighted by Crippen LogP contribution is -2.32. The maximum Gasteiger partial charge on any atom is 0.213 e. The second-order valence-electron chi connectivity index (χ2n) is 2.01. The van der Waals surface area contributed by atoms with Crippen molar-refractivity contribution in [3.8, 4) is 0 Å². The molecule has 0 aliphatic heterocycles. The van der Waals surface area contributed by atoms with Gasteiger partial charge in [-0.15, -0.1) is 12.4 Å². The second kappa shape index (κ2) is 5.77. The van der Waals surface area contributed by atoms with Gasteiger partial charge in [-0.3, -0.25) is 0 Å². The molecule has 0 radical (unpaired) electrons. The van der Waals surface area contributed by atoms with Crippen molar-refractivity contribution in [1.29, 1.82) is 0 Å². The van der Waals surface area contributed by atoms with Gasteiger partial charge in [0.05, 0.1) is 5.75 Å². The average Bonchev–Trinajstić information content (AvgIpc) is 1.89. The topological polar surface area (TPSA) is 63.4 Å². The highest BCUT2D eigenvalue weighted by molar-refractivity contribution is 7.89. The predicted octanol–water partition coefficient (Wildman–Crippen LogP) is -0.352. The van der Waals surface area contributed by atoms with E-state index in [-0.39, 0.29) is 18.2 Å². The monoisotopic (exact) mass is 202 g/mol. The highest BCUT2D eigenvalue weighted by atomic mass is 35.5. The molecule has 0 unspecified atom stereocenters. The first-order valence-electron chi connectivity index (χ1n) is 3.18. The summed E-state index contributed by atoms with van der Waals surface area (Å²) in [6, 6.07) is 0. The van der Waals surface area contributed by atoms with E-state index in [1.54, 1.807) is 6.92 Å². The van der Waals surface area contributed by atoms with Crippen LogP contribution in [0.1, 0.15) is 6.92 Å². The van der Waals surface area contributed by atoms with Crippen molar-refractivity contribution < 1.29 is 8.42 Å². The number of nitrogens with zero attached hydrogens (tertiary/aromatic N) is 1. The number of hydrogen-bond acceptors (Lipinski definition) is 3. The van der Waals surface area contributed by atoms with Crippen molar-refractivity contribution >= 4 is 22.4 Å². The van der Waals surface area contributed by atoms with Gasteiger partial charge in [0.15, 0.2) is 0 Å². The molecule has 0 amide bonds. The van der Waals surface area contributed by atoms with E-state index in [0.29, 0.717) is 13.1 Å². The molecule has 0 saturated carbocycles. The summed E-state index contributed by atoms with van der Waals surface area (Å²) in [4.78, 5) is 0. The van der Waals surface area contributed by atoms with Crippen molar-refractivity contribution in [1.82, 2.24) is 4.31 Å². The van der Waals surface area contributed by atoms with Crippen molar-refractivity contribution in [3.05, 3.63) is 0 Å². The van der Waals surface area contributed by atoms with Gasteiger partial charge in [0, 0.05) is 20.1 Å². The zero-order chi connectivity index (χ0) is 8.20. The van der Waals surface area contributed by atoms with Crippen LogP contribution in [0.25, 0.3) is 0 Å². The van der Waals surface area contributed by atoms with E-state index in [4.69, 9.17) is 5.73 Å². The van der Waals surface area contributed by atoms with Gasteiger partial charge in [-0.1, -0.05) is 0 Å². The predicted molar refractivity (Wildman–Crippen MR) is 48.4 cm³/mol. The molecule has 0 saturated heterocycles. The van der Waals surface area contributed by atoms with Gasteiger partial charge in [-0.2, -0.15) is 0 Å². The molecule has 4 nitrogen and oxygen atoms in total. The molecule has 6 heteroatoms. The third-order valence-corrected chi connectivity index (χ3v) is 3.15. The molecule has 0 rings (SSSR count). The van der Waals surface area contributed by atoms with Crippen LogP contribution in [0.15, 0.2) is 0 Å². The first-order valence-corrected chi connectivity index (χ1v) is 4.79. The van der Waals surface area contributed by atoms with Gasteiger partial charge in [0.2, 0.25) is 10.0 Å². The molecule has 0 aliphatic rings. The third kappa shape index (κ3) is 4.58. The fraction of sp³-hybridized carbons (Fsp3) is 1.00. The standard InChI is InChI=1S/C5H14N2O2S.ClH/c1-3-10(8,9)7(2)5-4-6;/h3-6H2,1-2H3;1H. The Labute approximate surface area is 74.2 Å². The molecule has 0 spiro atoms. The number of hydrogen-bond donors (Lipinski definition) is 1. The highest BCUT2D eigenvalue weighted by Crippen LogP contribution is 1.94. The van der Waals surface area contributed by atoms with Gasteiger partial charge < -0.3 is 5.73 Å². The lowest BCUT2D eigenvalue weighted by molar-refractivity contribution is 0.478. The lowest BCUT2D eigenvalue weighted by Gasteiger charge is -2.13. The molecule has 0 atom stereocenters. The first kappa shape index (κ1) is 13.7. The van der Waals surface area contributed by atoms with Gasteiger partial charge >= 0.3 is 0 Å². The summed E-state index contributed by atoms with van der Waals surface area (Å²) in [7, 11) is -1.47. The summed E-state index contributed by atoms with van der Waals surface area (Å²) in [6.45, 7) is 2.38. The minimum atomic E-state index is -3.01. The molecule has 2 N–H and O–H groups in total. The molecule has 0 aromatic carbocycles. The van der Waals surface area contributed by atoms with Crippen LogP contribution in [0.5, 0.6) is 0 Å². The van der Waals surface area contributed by atoms with Crippen LogP contribution in [0.4, 0.5) is 0 Å². The summed E-state index contributed by atoms with van der Waals surface area (Å²) in [5.74, 6) is 0.142. The number of nitrogens with two attached hydrogens (primary N) is 1. The van der Waals surface area contributed by atoms with Crippen LogP contribution in [0.3, 0.4) is 0 Å². The van der Waals surface area contributed by atoms with Crippen LogP contribution in [0.2, 0.25) is 0 Å². The summed E-state index contributed by atoms with van der Waals surface area (Å²) >= 11 is 0. The summed E-state index contributed by atoms with van der Waals surface area (Å²) in [5.41, 5.74) is 5.17. The number of rotatable bonds is 4. The van der Waals surface area contributed by atoms with Crippen LogP contribution in [-0.4, -0.2) is 38.6 Å². The maximum absolute atomic E-state index is 11.0. The number of halogens is 1. The smallest absolute Gasteiger partial charge is 0.213 e. The van der Waals surface area contributed by atoms with Gasteiger partial charge in [-0.25, -0.2) is 12.7 Å². The molecule has 0 aromatic heterocycles. The van der Waals surface area contributed by atoms with Crippen LogP contribution < -0.4 is 5.73 Å². The Morgan fingerprint density at radius 1 is 1.45 bits per heavy atom. The molecule has 0 aromatic rings. The fourth-order valence-electron chi connectivity index (χ4n) is 0.541. The van der Waals surface area contributed by atoms with Gasteiger partial charge in [0.25, 0.3) is 0 Å². The van der Waals surface area contributed by atoms with Crippen molar-refractivity contribution in [2.45, 2.75) is 6.92 Å². The van der Waals surface area contributed by atoms with E-state index >= 15 is 0 Å². The summed E-state index contributed by atoms with van der Waals surface area (Å²) in [5, 5.41) is 0.